The molecule has 7 atom stereocenters. The number of hydrogen-bond acceptors (Lipinski definition) is 12. The van der Waals surface area contributed by atoms with Crippen molar-refractivity contribution in [2.45, 2.75) is 135 Å². The van der Waals surface area contributed by atoms with Gasteiger partial charge in [0.1, 0.15) is 30.8 Å². The lowest BCUT2D eigenvalue weighted by Gasteiger charge is -2.45. The van der Waals surface area contributed by atoms with Crippen molar-refractivity contribution in [2.75, 3.05) is 13.2 Å². The van der Waals surface area contributed by atoms with Crippen LogP contribution in [0.5, 0.6) is 0 Å². The van der Waals surface area contributed by atoms with E-state index >= 15 is 4.57 Å². The van der Waals surface area contributed by atoms with Crippen molar-refractivity contribution < 1.29 is 31.9 Å². The fraction of sp³-hybridized carbons (Fsp3) is 0.500. The third kappa shape index (κ3) is 11.0. The average molecular weight is 948 g/mol. The minimum atomic E-state index is -4.32. The van der Waals surface area contributed by atoms with Crippen LogP contribution < -0.4 is 32.9 Å². The van der Waals surface area contributed by atoms with E-state index in [0.717, 1.165) is 10.4 Å². The Morgan fingerprint density at radius 1 is 0.800 bits per heavy atom. The molecule has 0 amide bonds. The third-order valence-electron chi connectivity index (χ3n) is 12.6. The molecule has 2 saturated heterocycles. The Morgan fingerprint density at radius 3 is 1.80 bits per heavy atom. The zero-order valence-electron chi connectivity index (χ0n) is 38.9. The van der Waals surface area contributed by atoms with Crippen LogP contribution in [-0.4, -0.2) is 73.4 Å². The first kappa shape index (κ1) is 49.9. The lowest BCUT2D eigenvalue weighted by atomic mass is 10.2. The molecule has 2 fully saturated rings. The summed E-state index contributed by atoms with van der Waals surface area (Å²) >= 11 is 0. The van der Waals surface area contributed by atoms with Crippen molar-refractivity contribution in [3.63, 3.8) is 0 Å². The molecule has 2 N–H and O–H groups in total. The van der Waals surface area contributed by atoms with Crippen molar-refractivity contribution in [3.05, 3.63) is 138 Å². The maximum Gasteiger partial charge on any atom is 0.354 e. The van der Waals surface area contributed by atoms with Gasteiger partial charge in [0.05, 0.1) is 31.8 Å². The first-order valence-electron chi connectivity index (χ1n) is 21.9. The molecular formula is C46H62N5O11PSi2. The van der Waals surface area contributed by atoms with E-state index in [-0.39, 0.29) is 37.5 Å². The number of aromatic amines is 2. The lowest BCUT2D eigenvalue weighted by molar-refractivity contribution is -0.0409. The van der Waals surface area contributed by atoms with Crippen LogP contribution in [0.15, 0.2) is 104 Å². The highest BCUT2D eigenvalue weighted by Crippen LogP contribution is 2.54. The number of rotatable bonds is 16. The minimum absolute atomic E-state index is 0.0342. The highest BCUT2D eigenvalue weighted by molar-refractivity contribution is 7.57. The molecule has 16 nitrogen and oxygen atoms in total. The van der Waals surface area contributed by atoms with Crippen LogP contribution in [0.1, 0.15) is 84.4 Å². The van der Waals surface area contributed by atoms with Gasteiger partial charge in [-0.2, -0.15) is 5.26 Å². The summed E-state index contributed by atoms with van der Waals surface area (Å²) in [7, 11) is -9.93. The van der Waals surface area contributed by atoms with Crippen LogP contribution in [0.25, 0.3) is 0 Å². The van der Waals surface area contributed by atoms with Gasteiger partial charge in [-0.05, 0) is 53.5 Å². The van der Waals surface area contributed by atoms with E-state index in [2.05, 4.69) is 88.9 Å². The Labute approximate surface area is 381 Å². The number of aromatic nitrogens is 4. The second-order valence-electron chi connectivity index (χ2n) is 19.3. The molecule has 6 rings (SSSR count). The van der Waals surface area contributed by atoms with Crippen LogP contribution >= 0.6 is 7.60 Å². The molecule has 2 aliphatic rings. The summed E-state index contributed by atoms with van der Waals surface area (Å²) in [5.41, 5.74) is -1.77. The molecule has 0 radical (unpaired) electrons. The van der Waals surface area contributed by atoms with Gasteiger partial charge in [-0.25, -0.2) is 9.59 Å². The van der Waals surface area contributed by atoms with Crippen molar-refractivity contribution in [1.82, 2.24) is 19.1 Å². The molecule has 0 bridgehead atoms. The van der Waals surface area contributed by atoms with E-state index in [4.69, 9.17) is 27.4 Å². The molecule has 0 aliphatic carbocycles. The van der Waals surface area contributed by atoms with Crippen molar-refractivity contribution in [3.8, 4) is 6.07 Å². The molecule has 350 valence electrons. The van der Waals surface area contributed by atoms with E-state index < -0.39 is 88.6 Å². The predicted octanol–water partition coefficient (Wildman–Crippen LogP) is 6.27. The van der Waals surface area contributed by atoms with E-state index in [1.807, 2.05) is 42.5 Å². The van der Waals surface area contributed by atoms with E-state index in [1.54, 1.807) is 19.9 Å². The van der Waals surface area contributed by atoms with Gasteiger partial charge in [-0.3, -0.25) is 37.8 Å². The first-order chi connectivity index (χ1) is 30.5. The van der Waals surface area contributed by atoms with Gasteiger partial charge in [-0.1, -0.05) is 102 Å². The van der Waals surface area contributed by atoms with Crippen molar-refractivity contribution >= 4 is 34.6 Å². The number of H-pyrrole nitrogens is 2. The van der Waals surface area contributed by atoms with Crippen LogP contribution in [0.4, 0.5) is 0 Å². The van der Waals surface area contributed by atoms with Gasteiger partial charge >= 0.3 is 19.0 Å². The van der Waals surface area contributed by atoms with Crippen LogP contribution in [0.3, 0.4) is 0 Å². The molecule has 0 spiro atoms. The summed E-state index contributed by atoms with van der Waals surface area (Å²) in [5, 5.41) is 10.9. The maximum absolute atomic E-state index is 15.2. The molecule has 4 heterocycles. The zero-order valence-corrected chi connectivity index (χ0v) is 41.8. The Bertz CT molecular complexity index is 2620. The normalized spacial score (nSPS) is 22.8. The Balaban J connectivity index is 1.42. The maximum atomic E-state index is 15.2. The van der Waals surface area contributed by atoms with Crippen LogP contribution in [0.2, 0.25) is 23.2 Å². The van der Waals surface area contributed by atoms with Gasteiger partial charge in [0.15, 0.2) is 8.32 Å². The molecule has 2 aromatic heterocycles. The Morgan fingerprint density at radius 2 is 1.31 bits per heavy atom. The number of nitrogens with one attached hydrogen (secondary N) is 2. The SMILES string of the molecule is Cc1cn([C@H]2C[C@H](O[Si](c3ccccc3)(c3ccccc3)C(C)(C)C)[C@@H](/C=C/P(=O)(OCCC#N)O[C@H]3C[C@H](n4cc(C)c(=O)[nH]c4=O)O[C@@H]3CO[Si](C)(C)C(C)(C)C)O2)c(=O)[nH]c1=O. The fourth-order valence-corrected chi connectivity index (χ4v) is 15.2. The lowest BCUT2D eigenvalue weighted by Crippen LogP contribution is -2.68. The van der Waals surface area contributed by atoms with Crippen LogP contribution in [-0.2, 0) is 31.9 Å². The van der Waals surface area contributed by atoms with Gasteiger partial charge < -0.3 is 22.8 Å². The van der Waals surface area contributed by atoms with E-state index in [0.29, 0.717) is 11.1 Å². The predicted molar refractivity (Wildman–Crippen MR) is 253 cm³/mol. The molecule has 4 aromatic rings. The number of nitrogens with zero attached hydrogens (tertiary/aromatic N) is 3. The molecule has 65 heavy (non-hydrogen) atoms. The van der Waals surface area contributed by atoms with Gasteiger partial charge in [-0.15, -0.1) is 0 Å². The van der Waals surface area contributed by atoms with E-state index in [1.165, 1.54) is 27.3 Å². The number of aryl methyl sites for hydroxylation is 2. The third-order valence-corrected chi connectivity index (χ3v) is 23.8. The number of hydrogen-bond donors (Lipinski definition) is 2. The largest absolute Gasteiger partial charge is 0.414 e. The second kappa shape index (κ2) is 19.7. The summed E-state index contributed by atoms with van der Waals surface area (Å²) < 4.78 is 57.4. The van der Waals surface area contributed by atoms with Crippen molar-refractivity contribution in [2.24, 2.45) is 0 Å². The summed E-state index contributed by atoms with van der Waals surface area (Å²) in [4.78, 5) is 55.9. The van der Waals surface area contributed by atoms with E-state index in [9.17, 15) is 24.4 Å². The summed E-state index contributed by atoms with van der Waals surface area (Å²) in [6.07, 6.45) is -0.754. The molecule has 2 aromatic carbocycles. The summed E-state index contributed by atoms with van der Waals surface area (Å²) in [5.74, 6) is 1.30. The Hall–Kier alpha value is -4.55. The monoisotopic (exact) mass is 947 g/mol. The summed E-state index contributed by atoms with van der Waals surface area (Å²) in [6, 6.07) is 22.1. The quantitative estimate of drug-likeness (QED) is 0.0725. The van der Waals surface area contributed by atoms with Gasteiger partial charge in [0.25, 0.3) is 19.4 Å². The highest BCUT2D eigenvalue weighted by Gasteiger charge is 2.54. The number of nitriles is 1. The second-order valence-corrected chi connectivity index (χ2v) is 30.2. The topological polar surface area (TPSA) is 206 Å². The zero-order chi connectivity index (χ0) is 47.5. The van der Waals surface area contributed by atoms with Gasteiger partial charge in [0.2, 0.25) is 0 Å². The molecule has 2 aliphatic heterocycles. The molecule has 0 saturated carbocycles. The molecular weight excluding hydrogens is 886 g/mol. The Kier molecular flexibility index (Phi) is 15.1. The minimum Gasteiger partial charge on any atom is -0.414 e. The van der Waals surface area contributed by atoms with Crippen molar-refractivity contribution in [1.29, 1.82) is 5.26 Å². The highest BCUT2D eigenvalue weighted by atomic mass is 31.2. The summed E-state index contributed by atoms with van der Waals surface area (Å²) in [6.45, 7) is 19.9. The smallest absolute Gasteiger partial charge is 0.354 e. The molecule has 1 unspecified atom stereocenters. The average Bonchev–Trinajstić information content (AvgIpc) is 3.83. The van der Waals surface area contributed by atoms with Crippen LogP contribution in [0, 0.1) is 25.2 Å². The number of benzene rings is 2. The standard InChI is InChI=1S/C46H62N5O11PSi2/c1-31-28-50(43(54)48-41(31)52)39-26-36(38(60-39)30-58-64(9,10)45(3,4)5)61-63(56,57-24-17-23-47)25-22-35-37(27-40(59-35)51-29-32(2)42(53)49-44(51)55)62-65(46(6,7)8,33-18-13-11-14-19-33)34-20-15-12-16-21-34/h11-16,18-22,25,28-29,35-40H,17,24,26-27,30H2,1-10H3,(H,48,52,54)(H,49,53,55)/b25-22+/t35-,36+,37+,38-,39-,40-,63?/m1/s1. The fourth-order valence-electron chi connectivity index (χ4n) is 7.98. The first-order valence-corrected chi connectivity index (χ1v) is 28.3. The van der Waals surface area contributed by atoms with Gasteiger partial charge in [0, 0.05) is 42.2 Å². The number of ether oxygens (including phenoxy) is 2. The molecule has 19 heteroatoms.